The van der Waals surface area contributed by atoms with Gasteiger partial charge in [-0.2, -0.15) is 46.7 Å². The van der Waals surface area contributed by atoms with Gasteiger partial charge in [-0.05, 0) is 209 Å². The van der Waals surface area contributed by atoms with Gasteiger partial charge in [-0.25, -0.2) is 39.3 Å². The molecular weight excluding hydrogens is 1710 g/mol. The van der Waals surface area contributed by atoms with Crippen LogP contribution in [0.15, 0.2) is 162 Å². The minimum atomic E-state index is -4.44. The van der Waals surface area contributed by atoms with Crippen molar-refractivity contribution in [1.29, 1.82) is 0 Å². The summed E-state index contributed by atoms with van der Waals surface area (Å²) >= 11 is 6.73. The molecule has 4 amide bonds. The highest BCUT2D eigenvalue weighted by Gasteiger charge is 2.54. The average Bonchev–Trinajstić information content (AvgIpc) is 1.63. The van der Waals surface area contributed by atoms with Crippen molar-refractivity contribution in [2.45, 2.75) is 165 Å². The lowest BCUT2D eigenvalue weighted by atomic mass is 9.90. The van der Waals surface area contributed by atoms with Gasteiger partial charge in [-0.1, -0.05) is 6.07 Å². The van der Waals surface area contributed by atoms with Gasteiger partial charge in [0.05, 0.1) is 81.6 Å². The lowest BCUT2D eigenvalue weighted by Gasteiger charge is -2.25. The molecule has 8 fully saturated rings. The molecule has 634 valence electrons. The predicted molar refractivity (Wildman–Crippen MR) is 430 cm³/mol. The van der Waals surface area contributed by atoms with E-state index in [9.17, 15) is 49.9 Å². The Hall–Kier alpha value is -11.3. The van der Waals surface area contributed by atoms with Gasteiger partial charge >= 0.3 is 12.4 Å². The molecule has 10 aromatic rings. The Bertz CT molecular complexity index is 5310. The van der Waals surface area contributed by atoms with Crippen LogP contribution in [0, 0.1) is 50.3 Å². The average molecular weight is 1800 g/mol. The molecule has 0 aliphatic carbocycles. The number of halogens is 9. The minimum Gasteiger partial charge on any atom is -0.493 e. The van der Waals surface area contributed by atoms with E-state index in [0.29, 0.717) is 78.1 Å². The van der Waals surface area contributed by atoms with Crippen molar-refractivity contribution in [3.8, 4) is 46.4 Å². The van der Waals surface area contributed by atoms with Crippen molar-refractivity contribution >= 4 is 55.5 Å². The van der Waals surface area contributed by atoms with Gasteiger partial charge in [0.25, 0.3) is 23.6 Å². The Balaban J connectivity index is 0.000000126. The highest BCUT2D eigenvalue weighted by molar-refractivity contribution is 9.10. The number of nitrogens with zero attached hydrogens (tertiary/aromatic N) is 17. The SMILES string of the molecule is CCOc1ccc(C)nc1C(=O)N1C2CCC1C(COc1ccc(C(F)(F)F)cn1)C2.COc1c(F)cccc1C(=O)N1C2CCC1C(COc1ccc(Br)cn1)C2.Cc1ccc(-n2nccn2)c(C(=O)N2C3CCC2C(COc2ccc(Br)cn2)C3)n1.Cc1ccc(-n2nccn2)c(C(=O)N2C3CCC2C(COc2ccc(C(F)(F)F)cn2)C3)n1. The minimum absolute atomic E-state index is 0.00346. The summed E-state index contributed by atoms with van der Waals surface area (Å²) in [4.78, 5) is 93.6. The Labute approximate surface area is 708 Å². The number of alkyl halides is 6. The van der Waals surface area contributed by atoms with E-state index < -0.39 is 29.3 Å². The van der Waals surface area contributed by atoms with Gasteiger partial charge in [0.2, 0.25) is 23.5 Å². The lowest BCUT2D eigenvalue weighted by Crippen LogP contribution is -2.38. The number of carbonyl (C=O) groups excluding carboxylic acids is 4. The van der Waals surface area contributed by atoms with Crippen LogP contribution in [0.25, 0.3) is 11.4 Å². The Morgan fingerprint density at radius 1 is 0.421 bits per heavy atom. The molecule has 17 heterocycles. The van der Waals surface area contributed by atoms with Crippen molar-refractivity contribution in [1.82, 2.24) is 84.5 Å². The first-order chi connectivity index (χ1) is 58.3. The summed E-state index contributed by atoms with van der Waals surface area (Å²) in [6, 6.07) is 28.0. The lowest BCUT2D eigenvalue weighted by molar-refractivity contribution is -0.138. The van der Waals surface area contributed by atoms with E-state index in [0.717, 1.165) is 122 Å². The second-order valence-electron chi connectivity index (χ2n) is 31.0. The van der Waals surface area contributed by atoms with E-state index in [1.54, 1.807) is 49.1 Å². The van der Waals surface area contributed by atoms with Crippen LogP contribution in [-0.2, 0) is 12.4 Å². The molecule has 0 spiro atoms. The van der Waals surface area contributed by atoms with Crippen LogP contribution in [0.4, 0.5) is 30.7 Å². The van der Waals surface area contributed by atoms with Gasteiger partial charge in [-0.3, -0.25) is 19.2 Å². The second kappa shape index (κ2) is 36.6. The molecule has 0 N–H and O–H groups in total. The summed E-state index contributed by atoms with van der Waals surface area (Å²) in [7, 11) is 1.38. The van der Waals surface area contributed by atoms with Gasteiger partial charge < -0.3 is 48.0 Å². The first kappa shape index (κ1) is 84.7. The van der Waals surface area contributed by atoms with Crippen LogP contribution < -0.4 is 28.4 Å². The normalized spacial score (nSPS) is 22.6. The molecule has 0 radical (unpaired) electrons. The number of methoxy groups -OCH3 is 1. The topological polar surface area (TPSA) is 288 Å². The maximum absolute atomic E-state index is 14.0. The van der Waals surface area contributed by atoms with E-state index in [1.807, 2.05) is 95.8 Å². The molecule has 8 bridgehead atoms. The molecular formula is C85H86Br2F7N17O10. The smallest absolute Gasteiger partial charge is 0.417 e. The summed E-state index contributed by atoms with van der Waals surface area (Å²) in [6.45, 7) is 9.47. The van der Waals surface area contributed by atoms with Crippen LogP contribution in [-0.4, -0.2) is 197 Å². The van der Waals surface area contributed by atoms with Crippen molar-refractivity contribution in [2.24, 2.45) is 23.7 Å². The van der Waals surface area contributed by atoms with Gasteiger partial charge in [0, 0.05) is 147 Å². The van der Waals surface area contributed by atoms with Gasteiger partial charge in [-0.15, -0.1) is 9.59 Å². The molecule has 8 saturated heterocycles. The number of amides is 4. The zero-order chi connectivity index (χ0) is 85.0. The molecule has 36 heteroatoms. The van der Waals surface area contributed by atoms with E-state index >= 15 is 0 Å². The number of ether oxygens (including phenoxy) is 6. The number of aryl methyl sites for hydroxylation is 3. The molecule has 121 heavy (non-hydrogen) atoms. The van der Waals surface area contributed by atoms with E-state index in [1.165, 1.54) is 47.3 Å². The Morgan fingerprint density at radius 2 is 0.769 bits per heavy atom. The number of benzene rings is 1. The first-order valence-corrected chi connectivity index (χ1v) is 41.6. The van der Waals surface area contributed by atoms with Crippen LogP contribution in [0.2, 0.25) is 0 Å². The third-order valence-electron chi connectivity index (χ3n) is 23.5. The van der Waals surface area contributed by atoms with Crippen molar-refractivity contribution in [3.63, 3.8) is 0 Å². The summed E-state index contributed by atoms with van der Waals surface area (Å²) in [5.74, 6) is 1.59. The van der Waals surface area contributed by atoms with Crippen LogP contribution >= 0.6 is 31.9 Å². The molecule has 18 rings (SSSR count). The monoisotopic (exact) mass is 1800 g/mol. The van der Waals surface area contributed by atoms with Crippen molar-refractivity contribution in [2.75, 3.05) is 40.1 Å². The van der Waals surface area contributed by atoms with Gasteiger partial charge in [0.15, 0.2) is 34.4 Å². The number of rotatable bonds is 21. The quantitative estimate of drug-likeness (QED) is 0.0604. The number of hydrogen-bond donors (Lipinski definition) is 0. The summed E-state index contributed by atoms with van der Waals surface area (Å²) in [6.07, 6.45) is 13.2. The summed E-state index contributed by atoms with van der Waals surface area (Å²) in [5, 5.41) is 16.6. The maximum atomic E-state index is 14.0. The number of hydrogen-bond acceptors (Lipinski definition) is 21. The molecule has 12 unspecified atom stereocenters. The molecule has 8 aliphatic heterocycles. The number of fused-ring (bicyclic) bond motifs is 8. The fourth-order valence-corrected chi connectivity index (χ4v) is 18.6. The van der Waals surface area contributed by atoms with Gasteiger partial charge in [0.1, 0.15) is 11.4 Å². The first-order valence-electron chi connectivity index (χ1n) is 40.0. The molecule has 0 saturated carbocycles. The zero-order valence-corrected chi connectivity index (χ0v) is 69.6. The summed E-state index contributed by atoms with van der Waals surface area (Å²) in [5.41, 5.74) is 3.05. The Morgan fingerprint density at radius 3 is 1.11 bits per heavy atom. The standard InChI is InChI=1S/C22H21F3N6O2.C22H24F3N3O3.C21H21BrN6O2.C20H20BrFN2O3/c1-13-2-5-18(31-27-8-9-28-31)20(29-13)21(32)30-16-4-6-17(30)14(10-16)12-33-19-7-3-15(11-26-19)22(23,24)25;1-3-30-18-8-4-13(2)27-20(18)21(29)28-16-6-7-17(28)14(10-16)12-31-19-9-5-15(11-26-19)22(23,24)25;1-13-2-5-18(28-24-8-9-25-28)20(26-13)21(29)27-16-4-6-17(27)14(10-16)12-30-19-7-3-15(22)11-23-19;1-26-19-15(3-2-4-16(19)22)20(25)24-14-6-7-17(24)12(9-14)11-27-18-8-5-13(21)10-23-18/h2-3,5,7-9,11,14,16-17H,4,6,10,12H2,1H3;4-5,8-9,11,14,16-17H,3,6-7,10,12H2,1-2H3;2-3,5,7-9,11,14,16-17H,4,6,10,12H2,1H3;2-5,8,10,12,14,17H,6-7,9,11H2,1H3. The van der Waals surface area contributed by atoms with Crippen molar-refractivity contribution in [3.05, 3.63) is 218 Å². The predicted octanol–water partition coefficient (Wildman–Crippen LogP) is 15.0. The molecule has 9 aromatic heterocycles. The number of pyridine rings is 7. The van der Waals surface area contributed by atoms with Crippen LogP contribution in [0.1, 0.15) is 154 Å². The third-order valence-corrected chi connectivity index (χ3v) is 24.4. The highest BCUT2D eigenvalue weighted by atomic mass is 79.9. The van der Waals surface area contributed by atoms with Crippen molar-refractivity contribution < 1.29 is 78.3 Å². The fourth-order valence-electron chi connectivity index (χ4n) is 18.1. The second-order valence-corrected chi connectivity index (χ2v) is 32.8. The number of aromatic nitrogens is 13. The fraction of sp³-hybridized carbons (Fsp3) is 0.424. The maximum Gasteiger partial charge on any atom is 0.417 e. The summed E-state index contributed by atoms with van der Waals surface area (Å²) < 4.78 is 126. The molecule has 1 aromatic carbocycles. The van der Waals surface area contributed by atoms with E-state index in [2.05, 4.69) is 87.1 Å². The highest BCUT2D eigenvalue weighted by Crippen LogP contribution is 2.48. The van der Waals surface area contributed by atoms with Crippen LogP contribution in [0.5, 0.6) is 35.0 Å². The molecule has 8 aliphatic rings. The molecule has 12 atom stereocenters. The van der Waals surface area contributed by atoms with E-state index in [-0.39, 0.29) is 125 Å². The zero-order valence-electron chi connectivity index (χ0n) is 66.5. The van der Waals surface area contributed by atoms with E-state index in [4.69, 9.17) is 28.4 Å². The largest absolute Gasteiger partial charge is 0.493 e. The molecule has 27 nitrogen and oxygen atoms in total. The van der Waals surface area contributed by atoms with Crippen LogP contribution in [0.3, 0.4) is 0 Å². The number of carbonyl (C=O) groups is 4. The number of para-hydroxylation sites is 1. The Kier molecular flexibility index (Phi) is 25.6. The third kappa shape index (κ3) is 18.8.